The van der Waals surface area contributed by atoms with Gasteiger partial charge in [-0.2, -0.15) is 5.10 Å². The number of carbonyl (C=O) groups is 1. The summed E-state index contributed by atoms with van der Waals surface area (Å²) < 4.78 is 3.13. The summed E-state index contributed by atoms with van der Waals surface area (Å²) in [4.78, 5) is 12.5. The Hall–Kier alpha value is -3.38. The number of phenolic OH excluding ortho intramolecular Hbond substituents is 1. The molecular formula is C24H20BrN3O2. The lowest BCUT2D eigenvalue weighted by Gasteiger charge is -2.10. The maximum atomic E-state index is 12.5. The fourth-order valence-corrected chi connectivity index (χ4v) is 3.95. The highest BCUT2D eigenvalue weighted by Gasteiger charge is 2.13. The van der Waals surface area contributed by atoms with Gasteiger partial charge >= 0.3 is 0 Å². The third-order valence-electron chi connectivity index (χ3n) is 5.02. The number of hydrogen-bond donors (Lipinski definition) is 2. The summed E-state index contributed by atoms with van der Waals surface area (Å²) in [7, 11) is 0. The van der Waals surface area contributed by atoms with E-state index in [1.807, 2.05) is 68.4 Å². The maximum Gasteiger partial charge on any atom is 0.275 e. The number of hydrogen-bond acceptors (Lipinski definition) is 3. The van der Waals surface area contributed by atoms with Gasteiger partial charge in [0.25, 0.3) is 5.91 Å². The Morgan fingerprint density at radius 2 is 1.77 bits per heavy atom. The normalized spacial score (nSPS) is 11.3. The molecule has 0 bridgehead atoms. The van der Waals surface area contributed by atoms with Crippen LogP contribution in [0.5, 0.6) is 5.75 Å². The molecule has 4 aromatic rings. The van der Waals surface area contributed by atoms with Crippen LogP contribution in [-0.4, -0.2) is 21.8 Å². The van der Waals surface area contributed by atoms with Crippen molar-refractivity contribution in [1.82, 2.24) is 9.99 Å². The van der Waals surface area contributed by atoms with Gasteiger partial charge in [0.2, 0.25) is 0 Å². The van der Waals surface area contributed by atoms with Crippen LogP contribution in [0.2, 0.25) is 0 Å². The minimum absolute atomic E-state index is 0.0748. The second-order valence-corrected chi connectivity index (χ2v) is 7.97. The molecule has 150 valence electrons. The molecule has 4 rings (SSSR count). The van der Waals surface area contributed by atoms with Gasteiger partial charge in [-0.25, -0.2) is 5.43 Å². The first kappa shape index (κ1) is 19.9. The quantitative estimate of drug-likeness (QED) is 0.312. The van der Waals surface area contributed by atoms with Crippen LogP contribution in [0.15, 0.2) is 76.3 Å². The van der Waals surface area contributed by atoms with Crippen LogP contribution >= 0.6 is 15.9 Å². The fourth-order valence-electron chi connectivity index (χ4n) is 3.56. The molecule has 0 saturated carbocycles. The molecule has 0 unspecified atom stereocenters. The molecular weight excluding hydrogens is 442 g/mol. The van der Waals surface area contributed by atoms with Crippen LogP contribution in [0.25, 0.3) is 16.5 Å². The van der Waals surface area contributed by atoms with Crippen molar-refractivity contribution in [1.29, 1.82) is 0 Å². The number of aryl methyl sites for hydroxylation is 1. The first-order chi connectivity index (χ1) is 14.4. The van der Waals surface area contributed by atoms with Crippen molar-refractivity contribution in [2.45, 2.75) is 13.8 Å². The van der Waals surface area contributed by atoms with E-state index in [0.29, 0.717) is 0 Å². The molecule has 30 heavy (non-hydrogen) atoms. The van der Waals surface area contributed by atoms with Crippen molar-refractivity contribution in [3.63, 3.8) is 0 Å². The largest absolute Gasteiger partial charge is 0.507 e. The molecule has 6 heteroatoms. The summed E-state index contributed by atoms with van der Waals surface area (Å²) in [5, 5.41) is 16.1. The molecule has 0 aliphatic rings. The van der Waals surface area contributed by atoms with Gasteiger partial charge in [0.1, 0.15) is 5.75 Å². The summed E-state index contributed by atoms with van der Waals surface area (Å²) in [6.07, 6.45) is 1.62. The second kappa shape index (κ2) is 8.16. The van der Waals surface area contributed by atoms with Gasteiger partial charge in [-0.1, -0.05) is 46.3 Å². The zero-order valence-corrected chi connectivity index (χ0v) is 18.1. The Bertz CT molecular complexity index is 1290. The summed E-state index contributed by atoms with van der Waals surface area (Å²) in [5.41, 5.74) is 6.71. The van der Waals surface area contributed by atoms with E-state index in [4.69, 9.17) is 0 Å². The molecule has 0 atom stereocenters. The summed E-state index contributed by atoms with van der Waals surface area (Å²) >= 11 is 3.51. The molecule has 0 aliphatic heterocycles. The van der Waals surface area contributed by atoms with Crippen molar-refractivity contribution < 1.29 is 9.90 Å². The number of nitrogens with zero attached hydrogens (tertiary/aromatic N) is 2. The third-order valence-corrected chi connectivity index (χ3v) is 5.51. The minimum atomic E-state index is -0.463. The highest BCUT2D eigenvalue weighted by Crippen LogP contribution is 2.25. The highest BCUT2D eigenvalue weighted by molar-refractivity contribution is 9.10. The van der Waals surface area contributed by atoms with Crippen molar-refractivity contribution in [3.05, 3.63) is 93.7 Å². The number of aromatic hydroxyl groups is 1. The minimum Gasteiger partial charge on any atom is -0.507 e. The zero-order chi connectivity index (χ0) is 21.3. The van der Waals surface area contributed by atoms with Crippen LogP contribution in [0.1, 0.15) is 27.3 Å². The van der Waals surface area contributed by atoms with Crippen LogP contribution in [0.4, 0.5) is 0 Å². The van der Waals surface area contributed by atoms with E-state index >= 15 is 0 Å². The van der Waals surface area contributed by atoms with Crippen LogP contribution < -0.4 is 5.43 Å². The van der Waals surface area contributed by atoms with Gasteiger partial charge in [0.15, 0.2) is 0 Å². The van der Waals surface area contributed by atoms with E-state index in [0.717, 1.165) is 37.9 Å². The number of amides is 1. The number of phenols is 1. The average Bonchev–Trinajstić information content (AvgIpc) is 3.00. The van der Waals surface area contributed by atoms with E-state index in [2.05, 4.69) is 31.0 Å². The van der Waals surface area contributed by atoms with Crippen LogP contribution in [-0.2, 0) is 0 Å². The topological polar surface area (TPSA) is 66.6 Å². The average molecular weight is 462 g/mol. The standard InChI is InChI=1S/C24H20BrN3O2/c1-15-10-19(16(2)28(15)21-9-5-8-20(25)13-21)14-26-27-24(30)22-11-17-6-3-4-7-18(17)12-23(22)29/h3-14,29H,1-2H3,(H,27,30). The summed E-state index contributed by atoms with van der Waals surface area (Å²) in [6, 6.07) is 20.9. The van der Waals surface area contributed by atoms with Crippen molar-refractivity contribution >= 4 is 38.8 Å². The molecule has 0 fully saturated rings. The Morgan fingerprint density at radius 1 is 1.03 bits per heavy atom. The smallest absolute Gasteiger partial charge is 0.275 e. The number of benzene rings is 3. The SMILES string of the molecule is Cc1cc(C=NNC(=O)c2cc3ccccc3cc2O)c(C)n1-c1cccc(Br)c1. The number of aromatic nitrogens is 1. The van der Waals surface area contributed by atoms with Gasteiger partial charge in [-0.05, 0) is 61.0 Å². The highest BCUT2D eigenvalue weighted by atomic mass is 79.9. The number of carbonyl (C=O) groups excluding carboxylic acids is 1. The summed E-state index contributed by atoms with van der Waals surface area (Å²) in [5.74, 6) is -0.537. The molecule has 2 N–H and O–H groups in total. The Labute approximate surface area is 182 Å². The zero-order valence-electron chi connectivity index (χ0n) is 16.6. The predicted molar refractivity (Wildman–Crippen MR) is 124 cm³/mol. The Kier molecular flexibility index (Phi) is 5.42. The van der Waals surface area contributed by atoms with Crippen molar-refractivity contribution in [2.24, 2.45) is 5.10 Å². The molecule has 5 nitrogen and oxygen atoms in total. The molecule has 0 saturated heterocycles. The molecule has 1 amide bonds. The number of rotatable bonds is 4. The van der Waals surface area contributed by atoms with Crippen LogP contribution in [0, 0.1) is 13.8 Å². The first-order valence-electron chi connectivity index (χ1n) is 9.44. The van der Waals surface area contributed by atoms with Crippen LogP contribution in [0.3, 0.4) is 0 Å². The molecule has 0 aliphatic carbocycles. The Morgan fingerprint density at radius 3 is 2.50 bits per heavy atom. The van der Waals surface area contributed by atoms with Gasteiger partial charge in [-0.3, -0.25) is 4.79 Å². The third kappa shape index (κ3) is 3.86. The molecule has 0 spiro atoms. The molecule has 3 aromatic carbocycles. The predicted octanol–water partition coefficient (Wildman–Crippen LogP) is 5.48. The molecule has 1 aromatic heterocycles. The maximum absolute atomic E-state index is 12.5. The first-order valence-corrected chi connectivity index (χ1v) is 10.2. The number of nitrogens with one attached hydrogen (secondary N) is 1. The van der Waals surface area contributed by atoms with Gasteiger partial charge < -0.3 is 9.67 Å². The molecule has 1 heterocycles. The van der Waals surface area contributed by atoms with Gasteiger partial charge in [0, 0.05) is 27.1 Å². The lowest BCUT2D eigenvalue weighted by atomic mass is 10.1. The number of halogens is 1. The van der Waals surface area contributed by atoms with Crippen molar-refractivity contribution in [2.75, 3.05) is 0 Å². The van der Waals surface area contributed by atoms with E-state index in [1.54, 1.807) is 18.3 Å². The number of fused-ring (bicyclic) bond motifs is 1. The van der Waals surface area contributed by atoms with Crippen molar-refractivity contribution in [3.8, 4) is 11.4 Å². The van der Waals surface area contributed by atoms with E-state index in [9.17, 15) is 9.90 Å². The Balaban J connectivity index is 1.56. The lowest BCUT2D eigenvalue weighted by Crippen LogP contribution is -2.17. The van der Waals surface area contributed by atoms with E-state index < -0.39 is 5.91 Å². The van der Waals surface area contributed by atoms with Gasteiger partial charge in [-0.15, -0.1) is 0 Å². The lowest BCUT2D eigenvalue weighted by molar-refractivity contribution is 0.0952. The number of hydrazone groups is 1. The summed E-state index contributed by atoms with van der Waals surface area (Å²) in [6.45, 7) is 4.03. The molecule has 0 radical (unpaired) electrons. The second-order valence-electron chi connectivity index (χ2n) is 7.06. The fraction of sp³-hybridized carbons (Fsp3) is 0.0833. The van der Waals surface area contributed by atoms with Gasteiger partial charge in [0.05, 0.1) is 11.8 Å². The van der Waals surface area contributed by atoms with E-state index in [1.165, 1.54) is 0 Å². The monoisotopic (exact) mass is 461 g/mol. The van der Waals surface area contributed by atoms with E-state index in [-0.39, 0.29) is 11.3 Å².